The van der Waals surface area contributed by atoms with Gasteiger partial charge >= 0.3 is 0 Å². The summed E-state index contributed by atoms with van der Waals surface area (Å²) in [6.45, 7) is 9.03. The number of pyridine rings is 2. The van der Waals surface area contributed by atoms with Crippen LogP contribution in [0.3, 0.4) is 0 Å². The van der Waals surface area contributed by atoms with Crippen molar-refractivity contribution in [3.05, 3.63) is 96.3 Å². The van der Waals surface area contributed by atoms with Gasteiger partial charge in [0.15, 0.2) is 5.58 Å². The van der Waals surface area contributed by atoms with Crippen LogP contribution in [0.5, 0.6) is 0 Å². The molecule has 4 heterocycles. The van der Waals surface area contributed by atoms with Gasteiger partial charge in [0, 0.05) is 17.0 Å². The molecule has 0 amide bonds. The molecule has 7 rings (SSSR count). The van der Waals surface area contributed by atoms with Crippen LogP contribution >= 0.6 is 0 Å². The Balaban J connectivity index is 1.62. The zero-order valence-electron chi connectivity index (χ0n) is 21.9. The molecule has 0 N–H and O–H groups in total. The Morgan fingerprint density at radius 1 is 0.684 bits per heavy atom. The molecule has 0 aliphatic carbocycles. The van der Waals surface area contributed by atoms with E-state index in [4.69, 9.17) is 14.4 Å². The van der Waals surface area contributed by atoms with E-state index in [1.165, 1.54) is 16.8 Å². The lowest BCUT2D eigenvalue weighted by molar-refractivity contribution is 0.672. The molecule has 0 aliphatic rings. The Hall–Kier alpha value is -4.51. The summed E-state index contributed by atoms with van der Waals surface area (Å²) >= 11 is 0. The Morgan fingerprint density at radius 2 is 1.42 bits per heavy atom. The van der Waals surface area contributed by atoms with Crippen molar-refractivity contribution in [2.24, 2.45) is 0 Å². The average molecular weight is 497 g/mol. The van der Waals surface area contributed by atoms with E-state index in [0.717, 1.165) is 55.4 Å². The summed E-state index contributed by atoms with van der Waals surface area (Å²) in [4.78, 5) is 14.4. The Kier molecular flexibility index (Phi) is 5.08. The van der Waals surface area contributed by atoms with Gasteiger partial charge in [-0.2, -0.15) is 0 Å². The van der Waals surface area contributed by atoms with E-state index < -0.39 is 0 Å². The third-order valence-electron chi connectivity index (χ3n) is 7.46. The number of imidazole rings is 1. The van der Waals surface area contributed by atoms with Gasteiger partial charge in [-0.3, -0.25) is 9.55 Å². The SMILES string of the molecule is CC(C)c1cccc(C(C)C)c1-n1c(-c2cccc3c2oc2c4cccnc4cnc32)nc2ccccc21. The van der Waals surface area contributed by atoms with E-state index in [1.807, 2.05) is 24.4 Å². The largest absolute Gasteiger partial charge is 0.453 e. The molecule has 0 radical (unpaired) electrons. The van der Waals surface area contributed by atoms with Gasteiger partial charge in [0.05, 0.1) is 34.0 Å². The molecule has 4 aromatic heterocycles. The highest BCUT2D eigenvalue weighted by Crippen LogP contribution is 2.41. The van der Waals surface area contributed by atoms with Gasteiger partial charge in [-0.1, -0.05) is 64.1 Å². The van der Waals surface area contributed by atoms with E-state index in [9.17, 15) is 0 Å². The highest BCUT2D eigenvalue weighted by molar-refractivity contribution is 6.14. The van der Waals surface area contributed by atoms with E-state index in [2.05, 4.69) is 91.8 Å². The molecule has 0 saturated carbocycles. The van der Waals surface area contributed by atoms with Crippen LogP contribution < -0.4 is 0 Å². The molecule has 186 valence electrons. The fraction of sp³-hybridized carbons (Fsp3) is 0.182. The van der Waals surface area contributed by atoms with Crippen LogP contribution in [0.15, 0.2) is 89.6 Å². The molecule has 38 heavy (non-hydrogen) atoms. The zero-order chi connectivity index (χ0) is 26.0. The number of rotatable bonds is 4. The number of benzene rings is 3. The predicted octanol–water partition coefficient (Wildman–Crippen LogP) is 8.78. The minimum atomic E-state index is 0.350. The van der Waals surface area contributed by atoms with Gasteiger partial charge in [-0.05, 0) is 59.4 Å². The molecule has 3 aromatic carbocycles. The standard InChI is InChI=1S/C33H28N4O/c1-19(2)21-10-7-11-22(20(3)4)30(21)37-28-16-6-5-15-26(28)36-33(37)25-13-8-12-24-29-32(38-31(24)25)23-14-9-17-34-27(23)18-35-29/h5-20H,1-4H3. The van der Waals surface area contributed by atoms with E-state index in [1.54, 1.807) is 6.20 Å². The maximum absolute atomic E-state index is 6.64. The smallest absolute Gasteiger partial charge is 0.163 e. The zero-order valence-corrected chi connectivity index (χ0v) is 21.9. The summed E-state index contributed by atoms with van der Waals surface area (Å²) in [6, 6.07) is 25.3. The molecule has 0 spiro atoms. The minimum absolute atomic E-state index is 0.350. The monoisotopic (exact) mass is 496 g/mol. The quantitative estimate of drug-likeness (QED) is 0.244. The van der Waals surface area contributed by atoms with Gasteiger partial charge in [-0.15, -0.1) is 0 Å². The van der Waals surface area contributed by atoms with Crippen molar-refractivity contribution >= 4 is 44.0 Å². The molecule has 7 aromatic rings. The van der Waals surface area contributed by atoms with Crippen LogP contribution in [-0.2, 0) is 0 Å². The molecule has 0 atom stereocenters. The molecule has 5 nitrogen and oxygen atoms in total. The molecule has 0 saturated heterocycles. The number of furan rings is 1. The van der Waals surface area contributed by atoms with Crippen molar-refractivity contribution in [1.29, 1.82) is 0 Å². The highest BCUT2D eigenvalue weighted by atomic mass is 16.3. The lowest BCUT2D eigenvalue weighted by Crippen LogP contribution is -2.08. The molecule has 5 heteroatoms. The first-order valence-corrected chi connectivity index (χ1v) is 13.2. The molecular formula is C33H28N4O. The first-order chi connectivity index (χ1) is 18.5. The number of aromatic nitrogens is 4. The van der Waals surface area contributed by atoms with Crippen molar-refractivity contribution in [3.63, 3.8) is 0 Å². The van der Waals surface area contributed by atoms with Crippen molar-refractivity contribution < 1.29 is 4.42 Å². The second kappa shape index (κ2) is 8.52. The fourth-order valence-corrected chi connectivity index (χ4v) is 5.63. The van der Waals surface area contributed by atoms with Gasteiger partial charge in [0.2, 0.25) is 0 Å². The van der Waals surface area contributed by atoms with Gasteiger partial charge in [-0.25, -0.2) is 9.97 Å². The van der Waals surface area contributed by atoms with Crippen LogP contribution in [0, 0.1) is 0 Å². The number of para-hydroxylation sites is 4. The molecule has 0 aliphatic heterocycles. The Labute approximate surface area is 220 Å². The van der Waals surface area contributed by atoms with E-state index >= 15 is 0 Å². The number of nitrogens with zero attached hydrogens (tertiary/aromatic N) is 4. The summed E-state index contributed by atoms with van der Waals surface area (Å²) in [5.74, 6) is 1.57. The van der Waals surface area contributed by atoms with Crippen molar-refractivity contribution in [3.8, 4) is 17.1 Å². The summed E-state index contributed by atoms with van der Waals surface area (Å²) < 4.78 is 8.98. The van der Waals surface area contributed by atoms with Gasteiger partial charge in [0.25, 0.3) is 0 Å². The van der Waals surface area contributed by atoms with Crippen molar-refractivity contribution in [2.45, 2.75) is 39.5 Å². The number of hydrogen-bond acceptors (Lipinski definition) is 4. The fourth-order valence-electron chi connectivity index (χ4n) is 5.63. The average Bonchev–Trinajstić information content (AvgIpc) is 3.51. The summed E-state index contributed by atoms with van der Waals surface area (Å²) in [5, 5.41) is 1.93. The lowest BCUT2D eigenvalue weighted by Gasteiger charge is -2.22. The van der Waals surface area contributed by atoms with Crippen LogP contribution in [0.4, 0.5) is 0 Å². The molecule has 0 fully saturated rings. The lowest BCUT2D eigenvalue weighted by atomic mass is 9.92. The third-order valence-corrected chi connectivity index (χ3v) is 7.46. The van der Waals surface area contributed by atoms with Gasteiger partial charge < -0.3 is 4.42 Å². The van der Waals surface area contributed by atoms with Crippen LogP contribution in [-0.4, -0.2) is 19.5 Å². The predicted molar refractivity (Wildman–Crippen MR) is 155 cm³/mol. The first kappa shape index (κ1) is 22.7. The number of fused-ring (bicyclic) bond motifs is 6. The van der Waals surface area contributed by atoms with Crippen LogP contribution in [0.1, 0.15) is 50.7 Å². The van der Waals surface area contributed by atoms with Crippen molar-refractivity contribution in [2.75, 3.05) is 0 Å². The second-order valence-corrected chi connectivity index (χ2v) is 10.5. The van der Waals surface area contributed by atoms with Gasteiger partial charge in [0.1, 0.15) is 16.9 Å². The molecule has 0 unspecified atom stereocenters. The first-order valence-electron chi connectivity index (χ1n) is 13.2. The minimum Gasteiger partial charge on any atom is -0.453 e. The number of hydrogen-bond donors (Lipinski definition) is 0. The summed E-state index contributed by atoms with van der Waals surface area (Å²) in [5.41, 5.74) is 10.0. The van der Waals surface area contributed by atoms with E-state index in [-0.39, 0.29) is 0 Å². The summed E-state index contributed by atoms with van der Waals surface area (Å²) in [7, 11) is 0. The van der Waals surface area contributed by atoms with Crippen LogP contribution in [0.2, 0.25) is 0 Å². The topological polar surface area (TPSA) is 56.7 Å². The Bertz CT molecular complexity index is 1970. The third kappa shape index (κ3) is 3.28. The normalized spacial score (nSPS) is 12.2. The Morgan fingerprint density at radius 3 is 2.21 bits per heavy atom. The maximum atomic E-state index is 6.64. The highest BCUT2D eigenvalue weighted by Gasteiger charge is 2.24. The van der Waals surface area contributed by atoms with Crippen LogP contribution in [0.25, 0.3) is 61.1 Å². The summed E-state index contributed by atoms with van der Waals surface area (Å²) in [6.07, 6.45) is 3.60. The molecular weight excluding hydrogens is 468 g/mol. The molecule has 0 bridgehead atoms. The maximum Gasteiger partial charge on any atom is 0.163 e. The second-order valence-electron chi connectivity index (χ2n) is 10.5. The van der Waals surface area contributed by atoms with Crippen molar-refractivity contribution in [1.82, 2.24) is 19.5 Å². The van der Waals surface area contributed by atoms with E-state index in [0.29, 0.717) is 11.8 Å².